The Morgan fingerprint density at radius 1 is 1.25 bits per heavy atom. The van der Waals surface area contributed by atoms with Crippen molar-refractivity contribution in [3.8, 4) is 5.75 Å². The molecule has 1 heterocycles. The predicted molar refractivity (Wildman–Crippen MR) is 99.3 cm³/mol. The zero-order valence-corrected chi connectivity index (χ0v) is 15.0. The van der Waals surface area contributed by atoms with Gasteiger partial charge in [-0.3, -0.25) is 4.79 Å². The molecule has 0 spiro atoms. The van der Waals surface area contributed by atoms with Crippen molar-refractivity contribution in [1.29, 1.82) is 0 Å². The van der Waals surface area contributed by atoms with Gasteiger partial charge in [0.25, 0.3) is 0 Å². The third kappa shape index (κ3) is 3.68. The molecule has 1 aromatic heterocycles. The van der Waals surface area contributed by atoms with E-state index in [0.29, 0.717) is 16.8 Å². The van der Waals surface area contributed by atoms with E-state index >= 15 is 0 Å². The first-order chi connectivity index (χ1) is 11.6. The van der Waals surface area contributed by atoms with Crippen molar-refractivity contribution in [1.82, 2.24) is 4.98 Å². The molecule has 6 heteroatoms. The van der Waals surface area contributed by atoms with Crippen molar-refractivity contribution < 1.29 is 9.53 Å². The third-order valence-electron chi connectivity index (χ3n) is 3.54. The van der Waals surface area contributed by atoms with Gasteiger partial charge >= 0.3 is 0 Å². The molecule has 0 bridgehead atoms. The largest absolute Gasteiger partial charge is 0.494 e. The number of rotatable bonds is 5. The van der Waals surface area contributed by atoms with E-state index in [1.54, 1.807) is 0 Å². The lowest BCUT2D eigenvalue weighted by molar-refractivity contribution is -0.115. The van der Waals surface area contributed by atoms with Gasteiger partial charge in [-0.2, -0.15) is 0 Å². The van der Waals surface area contributed by atoms with Crippen LogP contribution in [0.5, 0.6) is 5.75 Å². The third-order valence-corrected chi connectivity index (χ3v) is 4.97. The Labute approximate surface area is 149 Å². The van der Waals surface area contributed by atoms with Crippen LogP contribution in [0.2, 0.25) is 5.02 Å². The molecule has 0 aliphatic carbocycles. The molecule has 0 saturated carbocycles. The summed E-state index contributed by atoms with van der Waals surface area (Å²) in [5.41, 5.74) is 2.80. The molecule has 3 rings (SSSR count). The number of carbonyl (C=O) groups excluding carboxylic acids is 1. The number of hydrogen-bond donors (Lipinski definition) is 1. The summed E-state index contributed by atoms with van der Waals surface area (Å²) in [7, 11) is 0. The minimum absolute atomic E-state index is 0.105. The highest BCUT2D eigenvalue weighted by Gasteiger charge is 2.12. The maximum absolute atomic E-state index is 12.2. The van der Waals surface area contributed by atoms with Gasteiger partial charge in [0.05, 0.1) is 28.3 Å². The van der Waals surface area contributed by atoms with E-state index in [1.165, 1.54) is 11.3 Å². The predicted octanol–water partition coefficient (Wildman–Crippen LogP) is 4.84. The number of nitrogens with one attached hydrogen (secondary N) is 1. The van der Waals surface area contributed by atoms with Crippen molar-refractivity contribution in [2.75, 3.05) is 11.9 Å². The van der Waals surface area contributed by atoms with Crippen LogP contribution in [0, 0.1) is 6.92 Å². The van der Waals surface area contributed by atoms with Gasteiger partial charge in [-0.15, -0.1) is 0 Å². The van der Waals surface area contributed by atoms with Crippen molar-refractivity contribution in [3.63, 3.8) is 0 Å². The Morgan fingerprint density at radius 2 is 2.00 bits per heavy atom. The number of anilines is 1. The van der Waals surface area contributed by atoms with Crippen molar-refractivity contribution >= 4 is 44.2 Å². The molecule has 1 N–H and O–H groups in total. The summed E-state index contributed by atoms with van der Waals surface area (Å²) >= 11 is 7.59. The van der Waals surface area contributed by atoms with Crippen LogP contribution in [-0.4, -0.2) is 17.5 Å². The average molecular weight is 361 g/mol. The monoisotopic (exact) mass is 360 g/mol. The van der Waals surface area contributed by atoms with Gasteiger partial charge in [0, 0.05) is 0 Å². The Morgan fingerprint density at radius 3 is 2.67 bits per heavy atom. The van der Waals surface area contributed by atoms with Crippen LogP contribution in [0.15, 0.2) is 36.4 Å². The molecular formula is C18H17ClN2O2S. The second-order valence-corrected chi connectivity index (χ2v) is 6.77. The summed E-state index contributed by atoms with van der Waals surface area (Å²) in [6.07, 6.45) is 0.287. The molecule has 0 aliphatic rings. The first-order valence-electron chi connectivity index (χ1n) is 7.64. The fourth-order valence-corrected chi connectivity index (χ4v) is 3.61. The number of amides is 1. The van der Waals surface area contributed by atoms with Crippen LogP contribution in [-0.2, 0) is 11.2 Å². The highest BCUT2D eigenvalue weighted by Crippen LogP contribution is 2.33. The van der Waals surface area contributed by atoms with Crippen LogP contribution in [0.3, 0.4) is 0 Å². The normalized spacial score (nSPS) is 10.8. The zero-order valence-electron chi connectivity index (χ0n) is 13.4. The summed E-state index contributed by atoms with van der Waals surface area (Å²) in [6.45, 7) is 4.54. The standard InChI is InChI=1S/C18H17ClN2O2S/c1-3-23-13-7-5-12(6-8-13)10-15(22)20-18-21-16-11(2)4-9-14(19)17(16)24-18/h4-9H,3,10H2,1-2H3,(H,20,21,22). The van der Waals surface area contributed by atoms with Crippen molar-refractivity contribution in [3.05, 3.63) is 52.5 Å². The number of aryl methyl sites for hydroxylation is 1. The first kappa shape index (κ1) is 16.7. The Bertz CT molecular complexity index is 836. The molecule has 1 amide bonds. The maximum atomic E-state index is 12.2. The van der Waals surface area contributed by atoms with Crippen LogP contribution in [0.1, 0.15) is 18.1 Å². The number of thiazole rings is 1. The maximum Gasteiger partial charge on any atom is 0.230 e. The van der Waals surface area contributed by atoms with Crippen molar-refractivity contribution in [2.24, 2.45) is 0 Å². The molecule has 2 aromatic carbocycles. The topological polar surface area (TPSA) is 51.2 Å². The summed E-state index contributed by atoms with van der Waals surface area (Å²) < 4.78 is 6.29. The van der Waals surface area contributed by atoms with Gasteiger partial charge in [-0.25, -0.2) is 4.98 Å². The highest BCUT2D eigenvalue weighted by molar-refractivity contribution is 7.23. The number of halogens is 1. The van der Waals surface area contributed by atoms with Crippen LogP contribution in [0.25, 0.3) is 10.2 Å². The zero-order chi connectivity index (χ0) is 17.1. The van der Waals surface area contributed by atoms with Gasteiger partial charge in [-0.1, -0.05) is 41.1 Å². The quantitative estimate of drug-likeness (QED) is 0.708. The first-order valence-corrected chi connectivity index (χ1v) is 8.83. The second-order valence-electron chi connectivity index (χ2n) is 5.36. The van der Waals surface area contributed by atoms with Crippen LogP contribution < -0.4 is 10.1 Å². The van der Waals surface area contributed by atoms with Gasteiger partial charge in [0.2, 0.25) is 5.91 Å². The van der Waals surface area contributed by atoms with E-state index in [1.807, 2.05) is 50.2 Å². The van der Waals surface area contributed by atoms with Gasteiger partial charge in [-0.05, 0) is 43.2 Å². The number of nitrogens with zero attached hydrogens (tertiary/aromatic N) is 1. The minimum atomic E-state index is -0.105. The molecule has 0 saturated heterocycles. The smallest absolute Gasteiger partial charge is 0.230 e. The fraction of sp³-hybridized carbons (Fsp3) is 0.222. The van der Waals surface area contributed by atoms with E-state index in [9.17, 15) is 4.79 Å². The Balaban J connectivity index is 1.70. The van der Waals surface area contributed by atoms with Crippen LogP contribution >= 0.6 is 22.9 Å². The minimum Gasteiger partial charge on any atom is -0.494 e. The SMILES string of the molecule is CCOc1ccc(CC(=O)Nc2nc3c(C)ccc(Cl)c3s2)cc1. The molecule has 24 heavy (non-hydrogen) atoms. The molecule has 0 unspecified atom stereocenters. The lowest BCUT2D eigenvalue weighted by atomic mass is 10.1. The number of aromatic nitrogens is 1. The highest BCUT2D eigenvalue weighted by atomic mass is 35.5. The van der Waals surface area contributed by atoms with E-state index in [2.05, 4.69) is 10.3 Å². The van der Waals surface area contributed by atoms with E-state index in [-0.39, 0.29) is 12.3 Å². The Hall–Kier alpha value is -2.11. The van der Waals surface area contributed by atoms with Gasteiger partial charge in [0.1, 0.15) is 5.75 Å². The molecule has 0 radical (unpaired) electrons. The van der Waals surface area contributed by atoms with Crippen molar-refractivity contribution in [2.45, 2.75) is 20.3 Å². The molecule has 0 atom stereocenters. The van der Waals surface area contributed by atoms with E-state index in [4.69, 9.17) is 16.3 Å². The number of benzene rings is 2. The summed E-state index contributed by atoms with van der Waals surface area (Å²) in [6, 6.07) is 11.3. The second kappa shape index (κ2) is 7.20. The van der Waals surface area contributed by atoms with Gasteiger partial charge in [0.15, 0.2) is 5.13 Å². The number of ether oxygens (including phenoxy) is 1. The lowest BCUT2D eigenvalue weighted by Crippen LogP contribution is -2.14. The molecule has 0 fully saturated rings. The Kier molecular flexibility index (Phi) is 5.02. The fourth-order valence-electron chi connectivity index (χ4n) is 2.37. The molecule has 4 nitrogen and oxygen atoms in total. The molecule has 0 aliphatic heterocycles. The number of carbonyl (C=O) groups is 1. The van der Waals surface area contributed by atoms with Crippen LogP contribution in [0.4, 0.5) is 5.13 Å². The summed E-state index contributed by atoms with van der Waals surface area (Å²) in [5, 5.41) is 4.07. The summed E-state index contributed by atoms with van der Waals surface area (Å²) in [4.78, 5) is 16.7. The van der Waals surface area contributed by atoms with E-state index < -0.39 is 0 Å². The molecule has 124 valence electrons. The summed E-state index contributed by atoms with van der Waals surface area (Å²) in [5.74, 6) is 0.699. The molecule has 3 aromatic rings. The number of hydrogen-bond acceptors (Lipinski definition) is 4. The molecular weight excluding hydrogens is 344 g/mol. The average Bonchev–Trinajstić information content (AvgIpc) is 2.98. The number of fused-ring (bicyclic) bond motifs is 1. The van der Waals surface area contributed by atoms with Gasteiger partial charge < -0.3 is 10.1 Å². The lowest BCUT2D eigenvalue weighted by Gasteiger charge is -2.05. The van der Waals surface area contributed by atoms with E-state index in [0.717, 1.165) is 27.1 Å².